The first-order valence-electron chi connectivity index (χ1n) is 9.93. The van der Waals surface area contributed by atoms with E-state index >= 15 is 0 Å². The normalized spacial score (nSPS) is 16.9. The van der Waals surface area contributed by atoms with Crippen LogP contribution in [0.2, 0.25) is 0 Å². The summed E-state index contributed by atoms with van der Waals surface area (Å²) in [5.41, 5.74) is 5.39. The van der Waals surface area contributed by atoms with Crippen molar-refractivity contribution in [3.63, 3.8) is 0 Å². The number of primary amides is 1. The van der Waals surface area contributed by atoms with Gasteiger partial charge in [0, 0.05) is 11.9 Å². The number of rotatable bonds is 5. The Labute approximate surface area is 164 Å². The van der Waals surface area contributed by atoms with Crippen LogP contribution in [0.1, 0.15) is 63.4 Å². The van der Waals surface area contributed by atoms with Crippen LogP contribution in [0.25, 0.3) is 10.9 Å². The van der Waals surface area contributed by atoms with Crippen LogP contribution < -0.4 is 11.1 Å². The average molecular weight is 388 g/mol. The topological polar surface area (TPSA) is 90.0 Å². The Bertz CT molecular complexity index is 878. The highest BCUT2D eigenvalue weighted by Gasteiger charge is 2.33. The highest BCUT2D eigenvalue weighted by Crippen LogP contribution is 2.28. The molecule has 152 valence electrons. The first-order valence-corrected chi connectivity index (χ1v) is 9.93. The van der Waals surface area contributed by atoms with Gasteiger partial charge >= 0.3 is 0 Å². The Morgan fingerprint density at radius 3 is 2.57 bits per heavy atom. The van der Waals surface area contributed by atoms with Gasteiger partial charge in [0.2, 0.25) is 5.91 Å². The van der Waals surface area contributed by atoms with Crippen LogP contribution in [0.5, 0.6) is 0 Å². The van der Waals surface area contributed by atoms with E-state index < -0.39 is 29.1 Å². The average Bonchev–Trinajstić information content (AvgIpc) is 2.99. The van der Waals surface area contributed by atoms with Crippen molar-refractivity contribution >= 4 is 22.7 Å². The van der Waals surface area contributed by atoms with Crippen molar-refractivity contribution in [2.75, 3.05) is 0 Å². The zero-order chi connectivity index (χ0) is 20.5. The van der Waals surface area contributed by atoms with E-state index in [9.17, 15) is 14.0 Å². The predicted octanol–water partition coefficient (Wildman–Crippen LogP) is 3.39. The Kier molecular flexibility index (Phi) is 5.72. The van der Waals surface area contributed by atoms with E-state index in [0.29, 0.717) is 23.4 Å². The number of carbonyl (C=O) groups excluding carboxylic acids is 2. The maximum atomic E-state index is 14.6. The summed E-state index contributed by atoms with van der Waals surface area (Å²) in [6, 6.07) is 3.78. The third-order valence-electron chi connectivity index (χ3n) is 5.52. The minimum atomic E-state index is -0.855. The highest BCUT2D eigenvalue weighted by atomic mass is 19.1. The van der Waals surface area contributed by atoms with Gasteiger partial charge in [0.05, 0.1) is 0 Å². The van der Waals surface area contributed by atoms with Crippen molar-refractivity contribution in [2.24, 2.45) is 17.1 Å². The summed E-state index contributed by atoms with van der Waals surface area (Å²) < 4.78 is 16.2. The summed E-state index contributed by atoms with van der Waals surface area (Å²) in [5, 5.41) is 7.59. The van der Waals surface area contributed by atoms with E-state index in [2.05, 4.69) is 10.4 Å². The molecule has 3 N–H and O–H groups in total. The van der Waals surface area contributed by atoms with Gasteiger partial charge in [0.1, 0.15) is 17.4 Å². The number of benzene rings is 1. The van der Waals surface area contributed by atoms with Gasteiger partial charge in [0.25, 0.3) is 5.91 Å². The van der Waals surface area contributed by atoms with E-state index in [4.69, 9.17) is 5.73 Å². The molecule has 1 saturated carbocycles. The number of para-hydroxylation sites is 1. The molecule has 1 aromatic carbocycles. The van der Waals surface area contributed by atoms with E-state index in [1.807, 2.05) is 20.8 Å². The van der Waals surface area contributed by atoms with Crippen LogP contribution in [0, 0.1) is 17.2 Å². The zero-order valence-corrected chi connectivity index (χ0v) is 16.8. The summed E-state index contributed by atoms with van der Waals surface area (Å²) in [5.74, 6) is -1.10. The van der Waals surface area contributed by atoms with Gasteiger partial charge in [0.15, 0.2) is 5.69 Å². The quantitative estimate of drug-likeness (QED) is 0.823. The molecule has 7 heteroatoms. The molecule has 3 rings (SSSR count). The molecule has 1 aromatic heterocycles. The fraction of sp³-hybridized carbons (Fsp3) is 0.571. The molecule has 1 heterocycles. The molecule has 1 fully saturated rings. The van der Waals surface area contributed by atoms with Crippen LogP contribution >= 0.6 is 0 Å². The summed E-state index contributed by atoms with van der Waals surface area (Å²) >= 11 is 0. The molecule has 2 amide bonds. The lowest BCUT2D eigenvalue weighted by molar-refractivity contribution is -0.122. The van der Waals surface area contributed by atoms with Crippen LogP contribution in [-0.2, 0) is 11.3 Å². The van der Waals surface area contributed by atoms with Gasteiger partial charge in [-0.2, -0.15) is 5.10 Å². The van der Waals surface area contributed by atoms with Crippen molar-refractivity contribution in [1.82, 2.24) is 15.1 Å². The van der Waals surface area contributed by atoms with Crippen molar-refractivity contribution in [2.45, 2.75) is 65.5 Å². The lowest BCUT2D eigenvalue weighted by Crippen LogP contribution is -2.52. The third-order valence-corrected chi connectivity index (χ3v) is 5.52. The van der Waals surface area contributed by atoms with Crippen LogP contribution in [-0.4, -0.2) is 27.6 Å². The van der Waals surface area contributed by atoms with Crippen molar-refractivity contribution < 1.29 is 14.0 Å². The smallest absolute Gasteiger partial charge is 0.273 e. The number of nitrogens with two attached hydrogens (primary N) is 1. The molecule has 0 aliphatic heterocycles. The Morgan fingerprint density at radius 1 is 1.29 bits per heavy atom. The van der Waals surface area contributed by atoms with Gasteiger partial charge in [-0.05, 0) is 30.2 Å². The highest BCUT2D eigenvalue weighted by molar-refractivity contribution is 6.06. The van der Waals surface area contributed by atoms with E-state index in [-0.39, 0.29) is 5.69 Å². The molecule has 2 aromatic rings. The molecule has 0 spiro atoms. The molecule has 0 radical (unpaired) electrons. The van der Waals surface area contributed by atoms with Crippen LogP contribution in [0.3, 0.4) is 0 Å². The minimum absolute atomic E-state index is 0.126. The minimum Gasteiger partial charge on any atom is -0.368 e. The summed E-state index contributed by atoms with van der Waals surface area (Å²) in [4.78, 5) is 24.7. The molecule has 1 aliphatic rings. The Balaban J connectivity index is 1.95. The fourth-order valence-corrected chi connectivity index (χ4v) is 4.02. The molecule has 1 aliphatic carbocycles. The number of halogens is 1. The monoisotopic (exact) mass is 388 g/mol. The molecule has 0 unspecified atom stereocenters. The molecular weight excluding hydrogens is 359 g/mol. The SMILES string of the molecule is CC(C)(C)[C@H](NC(=O)c1nn(CC2CCCCC2)c2c(F)cccc12)C(N)=O. The molecule has 6 nitrogen and oxygen atoms in total. The van der Waals surface area contributed by atoms with E-state index in [0.717, 1.165) is 12.8 Å². The number of nitrogens with zero attached hydrogens (tertiary/aromatic N) is 2. The maximum absolute atomic E-state index is 14.6. The Hall–Kier alpha value is -2.44. The molecule has 0 bridgehead atoms. The van der Waals surface area contributed by atoms with Crippen LogP contribution in [0.15, 0.2) is 18.2 Å². The number of fused-ring (bicyclic) bond motifs is 1. The standard InChI is InChI=1S/C21H29FN4O2/c1-21(2,3)18(19(23)27)24-20(28)16-14-10-7-11-15(22)17(14)26(25-16)12-13-8-5-4-6-9-13/h7,10-11,13,18H,4-6,8-9,12H2,1-3H3,(H2,23,27)(H,24,28)/t18-/m1/s1. The number of carbonyl (C=O) groups is 2. The molecule has 28 heavy (non-hydrogen) atoms. The van der Waals surface area contributed by atoms with Gasteiger partial charge in [-0.1, -0.05) is 52.2 Å². The predicted molar refractivity (Wildman–Crippen MR) is 106 cm³/mol. The summed E-state index contributed by atoms with van der Waals surface area (Å²) in [6.07, 6.45) is 5.76. The lowest BCUT2D eigenvalue weighted by atomic mass is 9.86. The second-order valence-corrected chi connectivity index (χ2v) is 8.85. The van der Waals surface area contributed by atoms with Gasteiger partial charge in [-0.25, -0.2) is 4.39 Å². The Morgan fingerprint density at radius 2 is 1.96 bits per heavy atom. The number of hydrogen-bond donors (Lipinski definition) is 2. The van der Waals surface area contributed by atoms with E-state index in [1.165, 1.54) is 25.3 Å². The van der Waals surface area contributed by atoms with Gasteiger partial charge in [-0.15, -0.1) is 0 Å². The maximum Gasteiger partial charge on any atom is 0.273 e. The number of amides is 2. The summed E-state index contributed by atoms with van der Waals surface area (Å²) in [6.45, 7) is 6.05. The number of nitrogens with one attached hydrogen (secondary N) is 1. The molecule has 1 atom stereocenters. The largest absolute Gasteiger partial charge is 0.368 e. The summed E-state index contributed by atoms with van der Waals surface area (Å²) in [7, 11) is 0. The zero-order valence-electron chi connectivity index (χ0n) is 16.8. The van der Waals surface area contributed by atoms with Crippen LogP contribution in [0.4, 0.5) is 4.39 Å². The van der Waals surface area contributed by atoms with E-state index in [1.54, 1.807) is 16.8 Å². The second kappa shape index (κ2) is 7.89. The first kappa shape index (κ1) is 20.3. The first-order chi connectivity index (χ1) is 13.2. The van der Waals surface area contributed by atoms with Gasteiger partial charge in [-0.3, -0.25) is 14.3 Å². The molecular formula is C21H29FN4O2. The van der Waals surface area contributed by atoms with Crippen molar-refractivity contribution in [3.05, 3.63) is 29.7 Å². The lowest BCUT2D eigenvalue weighted by Gasteiger charge is -2.28. The fourth-order valence-electron chi connectivity index (χ4n) is 4.02. The van der Waals surface area contributed by atoms with Crippen molar-refractivity contribution in [3.8, 4) is 0 Å². The molecule has 0 saturated heterocycles. The number of hydrogen-bond acceptors (Lipinski definition) is 3. The van der Waals surface area contributed by atoms with Crippen molar-refractivity contribution in [1.29, 1.82) is 0 Å². The number of aromatic nitrogens is 2. The second-order valence-electron chi connectivity index (χ2n) is 8.85. The third kappa shape index (κ3) is 4.18. The van der Waals surface area contributed by atoms with Gasteiger partial charge < -0.3 is 11.1 Å².